The molecule has 3 rings (SSSR count). The summed E-state index contributed by atoms with van der Waals surface area (Å²) in [6.45, 7) is 0.447. The molecule has 0 aliphatic heterocycles. The van der Waals surface area contributed by atoms with Crippen LogP contribution in [0.5, 0.6) is 5.75 Å². The van der Waals surface area contributed by atoms with Gasteiger partial charge >= 0.3 is 0 Å². The molecule has 0 saturated heterocycles. The van der Waals surface area contributed by atoms with Crippen molar-refractivity contribution in [3.8, 4) is 5.75 Å². The van der Waals surface area contributed by atoms with Gasteiger partial charge in [0.25, 0.3) is 5.91 Å². The van der Waals surface area contributed by atoms with Gasteiger partial charge in [0.05, 0.1) is 0 Å². The third kappa shape index (κ3) is 4.20. The molecule has 0 radical (unpaired) electrons. The van der Waals surface area contributed by atoms with Crippen LogP contribution in [0.25, 0.3) is 0 Å². The second-order valence-electron chi connectivity index (χ2n) is 5.27. The van der Waals surface area contributed by atoms with E-state index in [1.54, 1.807) is 24.3 Å². The zero-order valence-corrected chi connectivity index (χ0v) is 12.9. The summed E-state index contributed by atoms with van der Waals surface area (Å²) < 4.78 is 18.9. The number of nitrogens with one attached hydrogen (secondary N) is 1. The zero-order valence-electron chi connectivity index (χ0n) is 12.9. The molecule has 1 N–H and O–H groups in total. The average Bonchev–Trinajstić information content (AvgIpc) is 2.61. The van der Waals surface area contributed by atoms with Gasteiger partial charge in [-0.25, -0.2) is 4.39 Å². The summed E-state index contributed by atoms with van der Waals surface area (Å²) in [6, 6.07) is 22.5. The minimum Gasteiger partial charge on any atom is -0.489 e. The Morgan fingerprint density at radius 3 is 2.50 bits per heavy atom. The normalized spacial score (nSPS) is 10.2. The maximum absolute atomic E-state index is 13.2. The number of ether oxygens (including phenoxy) is 1. The molecule has 0 aromatic heterocycles. The number of anilines is 1. The zero-order chi connectivity index (χ0) is 16.8. The average molecular weight is 321 g/mol. The number of halogens is 1. The molecule has 0 heterocycles. The van der Waals surface area contributed by atoms with Crippen molar-refractivity contribution in [1.29, 1.82) is 0 Å². The number of benzene rings is 3. The summed E-state index contributed by atoms with van der Waals surface area (Å²) in [4.78, 5) is 12.1. The van der Waals surface area contributed by atoms with Crippen LogP contribution >= 0.6 is 0 Å². The van der Waals surface area contributed by atoms with Gasteiger partial charge in [-0.15, -0.1) is 0 Å². The van der Waals surface area contributed by atoms with Crippen molar-refractivity contribution in [3.05, 3.63) is 95.8 Å². The van der Waals surface area contributed by atoms with Crippen LogP contribution < -0.4 is 10.1 Å². The van der Waals surface area contributed by atoms with Crippen LogP contribution in [0, 0.1) is 5.82 Å². The first-order valence-electron chi connectivity index (χ1n) is 7.54. The Morgan fingerprint density at radius 1 is 0.917 bits per heavy atom. The quantitative estimate of drug-likeness (QED) is 0.742. The van der Waals surface area contributed by atoms with Gasteiger partial charge in [-0.1, -0.05) is 42.5 Å². The topological polar surface area (TPSA) is 38.3 Å². The molecular weight excluding hydrogens is 305 g/mol. The molecule has 0 unspecified atom stereocenters. The number of rotatable bonds is 5. The van der Waals surface area contributed by atoms with Crippen molar-refractivity contribution in [2.24, 2.45) is 0 Å². The lowest BCUT2D eigenvalue weighted by molar-refractivity contribution is 0.102. The van der Waals surface area contributed by atoms with Gasteiger partial charge in [0.2, 0.25) is 0 Å². The van der Waals surface area contributed by atoms with E-state index in [9.17, 15) is 9.18 Å². The Balaban J connectivity index is 1.65. The number of amides is 1. The molecular formula is C20H16FNO2. The first-order valence-corrected chi connectivity index (χ1v) is 7.54. The fourth-order valence-corrected chi connectivity index (χ4v) is 2.24. The largest absolute Gasteiger partial charge is 0.489 e. The van der Waals surface area contributed by atoms with Crippen molar-refractivity contribution < 1.29 is 13.9 Å². The van der Waals surface area contributed by atoms with E-state index >= 15 is 0 Å². The lowest BCUT2D eigenvalue weighted by Crippen LogP contribution is -2.12. The summed E-state index contributed by atoms with van der Waals surface area (Å²) in [5.41, 5.74) is 1.92. The van der Waals surface area contributed by atoms with E-state index in [1.807, 2.05) is 36.4 Å². The van der Waals surface area contributed by atoms with E-state index in [-0.39, 0.29) is 11.5 Å². The molecule has 0 aliphatic carbocycles. The second-order valence-corrected chi connectivity index (χ2v) is 5.27. The minimum atomic E-state index is -0.442. The summed E-state index contributed by atoms with van der Waals surface area (Å²) >= 11 is 0. The van der Waals surface area contributed by atoms with Gasteiger partial charge in [-0.05, 0) is 35.9 Å². The van der Waals surface area contributed by atoms with Gasteiger partial charge in [0.15, 0.2) is 0 Å². The highest BCUT2D eigenvalue weighted by Gasteiger charge is 2.07. The van der Waals surface area contributed by atoms with Gasteiger partial charge in [-0.2, -0.15) is 0 Å². The Morgan fingerprint density at radius 2 is 1.71 bits per heavy atom. The Kier molecular flexibility index (Phi) is 4.87. The van der Waals surface area contributed by atoms with Crippen molar-refractivity contribution in [3.63, 3.8) is 0 Å². The highest BCUT2D eigenvalue weighted by Crippen LogP contribution is 2.19. The van der Waals surface area contributed by atoms with E-state index < -0.39 is 5.82 Å². The van der Waals surface area contributed by atoms with Gasteiger partial charge in [0.1, 0.15) is 18.2 Å². The van der Waals surface area contributed by atoms with Crippen LogP contribution in [0.2, 0.25) is 0 Å². The van der Waals surface area contributed by atoms with E-state index in [0.29, 0.717) is 18.0 Å². The molecule has 3 aromatic carbocycles. The fraction of sp³-hybridized carbons (Fsp3) is 0.0500. The van der Waals surface area contributed by atoms with Gasteiger partial charge in [0, 0.05) is 17.3 Å². The van der Waals surface area contributed by atoms with Crippen LogP contribution in [0.4, 0.5) is 10.1 Å². The lowest BCUT2D eigenvalue weighted by atomic mass is 10.2. The molecule has 0 saturated carbocycles. The van der Waals surface area contributed by atoms with Crippen LogP contribution in [-0.2, 0) is 6.61 Å². The minimum absolute atomic E-state index is 0.269. The molecule has 0 atom stereocenters. The van der Waals surface area contributed by atoms with Crippen LogP contribution in [-0.4, -0.2) is 5.91 Å². The summed E-state index contributed by atoms with van der Waals surface area (Å²) in [7, 11) is 0. The third-order valence-electron chi connectivity index (χ3n) is 3.43. The molecule has 0 spiro atoms. The maximum atomic E-state index is 13.2. The number of hydrogen-bond acceptors (Lipinski definition) is 2. The number of carbonyl (C=O) groups is 1. The first-order chi connectivity index (χ1) is 11.7. The van der Waals surface area contributed by atoms with E-state index in [1.165, 1.54) is 18.2 Å². The molecule has 24 heavy (non-hydrogen) atoms. The number of carbonyl (C=O) groups excluding carboxylic acids is 1. The summed E-state index contributed by atoms with van der Waals surface area (Å²) in [5.74, 6) is -0.159. The first kappa shape index (κ1) is 15.7. The summed E-state index contributed by atoms with van der Waals surface area (Å²) in [5, 5.41) is 2.74. The molecule has 120 valence electrons. The molecule has 1 amide bonds. The van der Waals surface area contributed by atoms with E-state index in [4.69, 9.17) is 4.74 Å². The van der Waals surface area contributed by atoms with Gasteiger partial charge < -0.3 is 10.1 Å². The van der Waals surface area contributed by atoms with E-state index in [2.05, 4.69) is 5.32 Å². The van der Waals surface area contributed by atoms with Crippen molar-refractivity contribution in [2.45, 2.75) is 6.61 Å². The monoisotopic (exact) mass is 321 g/mol. The molecule has 4 heteroatoms. The number of hydrogen-bond donors (Lipinski definition) is 1. The lowest BCUT2D eigenvalue weighted by Gasteiger charge is -2.09. The Hall–Kier alpha value is -3.14. The van der Waals surface area contributed by atoms with Crippen molar-refractivity contribution >= 4 is 11.6 Å². The smallest absolute Gasteiger partial charge is 0.255 e. The van der Waals surface area contributed by atoms with E-state index in [0.717, 1.165) is 5.56 Å². The van der Waals surface area contributed by atoms with Crippen molar-refractivity contribution in [2.75, 3.05) is 5.32 Å². The summed E-state index contributed by atoms with van der Waals surface area (Å²) in [6.07, 6.45) is 0. The Labute approximate surface area is 139 Å². The molecule has 3 nitrogen and oxygen atoms in total. The molecule has 3 aromatic rings. The SMILES string of the molecule is O=C(Nc1cccc(OCc2ccccc2)c1)c1cccc(F)c1. The highest BCUT2D eigenvalue weighted by atomic mass is 19.1. The molecule has 0 aliphatic rings. The molecule has 0 fully saturated rings. The van der Waals surface area contributed by atoms with Crippen LogP contribution in [0.1, 0.15) is 15.9 Å². The standard InChI is InChI=1S/C20H16FNO2/c21-17-9-4-8-16(12-17)20(23)22-18-10-5-11-19(13-18)24-14-15-6-2-1-3-7-15/h1-13H,14H2,(H,22,23). The van der Waals surface area contributed by atoms with Crippen molar-refractivity contribution in [1.82, 2.24) is 0 Å². The third-order valence-corrected chi connectivity index (χ3v) is 3.43. The Bertz CT molecular complexity index is 834. The second kappa shape index (κ2) is 7.42. The maximum Gasteiger partial charge on any atom is 0.255 e. The van der Waals surface area contributed by atoms with Crippen LogP contribution in [0.3, 0.4) is 0 Å². The highest BCUT2D eigenvalue weighted by molar-refractivity contribution is 6.04. The predicted molar refractivity (Wildman–Crippen MR) is 91.6 cm³/mol. The van der Waals surface area contributed by atoms with Crippen LogP contribution in [0.15, 0.2) is 78.9 Å². The fourth-order valence-electron chi connectivity index (χ4n) is 2.24. The predicted octanol–water partition coefficient (Wildman–Crippen LogP) is 4.66. The molecule has 0 bridgehead atoms. The van der Waals surface area contributed by atoms with Gasteiger partial charge in [-0.3, -0.25) is 4.79 Å².